The highest BCUT2D eigenvalue weighted by Gasteiger charge is 2.30. The van der Waals surface area contributed by atoms with E-state index in [0.717, 1.165) is 54.6 Å². The minimum atomic E-state index is -0.149. The first-order valence-corrected chi connectivity index (χ1v) is 20.4. The maximum Gasteiger partial charge on any atom is 0.201 e. The molecule has 3 heterocycles. The number of aryl methyl sites for hydroxylation is 1. The van der Waals surface area contributed by atoms with Crippen molar-refractivity contribution in [2.75, 3.05) is 4.90 Å². The van der Waals surface area contributed by atoms with Crippen LogP contribution < -0.4 is 10.3 Å². The molecule has 1 atom stereocenters. The summed E-state index contributed by atoms with van der Waals surface area (Å²) in [6.07, 6.45) is 20.0. The molecule has 4 nitrogen and oxygen atoms in total. The van der Waals surface area contributed by atoms with E-state index in [9.17, 15) is 4.79 Å². The number of benzene rings is 6. The van der Waals surface area contributed by atoms with Gasteiger partial charge in [0.2, 0.25) is 5.43 Å². The van der Waals surface area contributed by atoms with E-state index in [1.54, 1.807) is 0 Å². The molecule has 0 radical (unpaired) electrons. The number of aromatic nitrogens is 1. The van der Waals surface area contributed by atoms with Crippen LogP contribution in [0.3, 0.4) is 0 Å². The summed E-state index contributed by atoms with van der Waals surface area (Å²) in [4.78, 5) is 16.9. The molecule has 11 rings (SSSR count). The lowest BCUT2D eigenvalue weighted by atomic mass is 9.74. The predicted molar refractivity (Wildman–Crippen MR) is 241 cm³/mol. The highest BCUT2D eigenvalue weighted by atomic mass is 16.3. The molecule has 0 amide bonds. The average molecular weight is 751 g/mol. The van der Waals surface area contributed by atoms with Gasteiger partial charge in [0.1, 0.15) is 11.2 Å². The van der Waals surface area contributed by atoms with Crippen LogP contribution in [0, 0.1) is 0 Å². The fourth-order valence-electron chi connectivity index (χ4n) is 9.70. The van der Waals surface area contributed by atoms with E-state index in [2.05, 4.69) is 174 Å². The lowest BCUT2D eigenvalue weighted by molar-refractivity contribution is 0.438. The van der Waals surface area contributed by atoms with Crippen LogP contribution in [0.15, 0.2) is 179 Å². The van der Waals surface area contributed by atoms with Crippen LogP contribution in [0.25, 0.3) is 55.7 Å². The average Bonchev–Trinajstić information content (AvgIpc) is 3.36. The Kier molecular flexibility index (Phi) is 8.07. The normalized spacial score (nSPS) is 17.9. The van der Waals surface area contributed by atoms with Crippen molar-refractivity contribution in [1.82, 2.24) is 4.57 Å². The molecule has 0 spiro atoms. The molecule has 0 fully saturated rings. The molecule has 3 aliphatic rings. The van der Waals surface area contributed by atoms with Crippen molar-refractivity contribution in [2.24, 2.45) is 0 Å². The van der Waals surface area contributed by atoms with Crippen LogP contribution in [0.2, 0.25) is 0 Å². The zero-order valence-electron chi connectivity index (χ0n) is 32.5. The predicted octanol–water partition coefficient (Wildman–Crippen LogP) is 13.6. The Balaban J connectivity index is 0.959. The molecule has 6 aromatic carbocycles. The first-order valence-electron chi connectivity index (χ1n) is 20.4. The van der Waals surface area contributed by atoms with Gasteiger partial charge in [-0.1, -0.05) is 116 Å². The quantitative estimate of drug-likeness (QED) is 0.168. The van der Waals surface area contributed by atoms with Gasteiger partial charge in [0, 0.05) is 46.7 Å². The topological polar surface area (TPSA) is 38.4 Å². The summed E-state index contributed by atoms with van der Waals surface area (Å²) in [5.41, 5.74) is 15.4. The van der Waals surface area contributed by atoms with E-state index in [0.29, 0.717) is 21.9 Å². The summed E-state index contributed by atoms with van der Waals surface area (Å²) < 4.78 is 9.16. The van der Waals surface area contributed by atoms with E-state index in [4.69, 9.17) is 4.42 Å². The van der Waals surface area contributed by atoms with Crippen LogP contribution in [0.4, 0.5) is 17.1 Å². The van der Waals surface area contributed by atoms with Gasteiger partial charge in [-0.05, 0) is 125 Å². The number of allylic oxidation sites excluding steroid dienone is 7. The Morgan fingerprint density at radius 3 is 2.47 bits per heavy atom. The van der Waals surface area contributed by atoms with Gasteiger partial charge < -0.3 is 13.9 Å². The molecule has 1 unspecified atom stereocenters. The minimum Gasteiger partial charge on any atom is -0.456 e. The summed E-state index contributed by atoms with van der Waals surface area (Å²) in [6.45, 7) is 2.36. The minimum absolute atomic E-state index is 0.00468. The van der Waals surface area contributed by atoms with Crippen molar-refractivity contribution in [3.8, 4) is 11.1 Å². The first kappa shape index (κ1) is 34.3. The van der Waals surface area contributed by atoms with E-state index in [-0.39, 0.29) is 10.8 Å². The molecule has 8 aromatic rings. The number of fused-ring (bicyclic) bond motifs is 7. The number of nitrogens with zero attached hydrogens (tertiary/aromatic N) is 2. The molecular formula is C54H42N2O2. The second-order valence-electron chi connectivity index (χ2n) is 16.2. The van der Waals surface area contributed by atoms with Crippen LogP contribution in [0.1, 0.15) is 54.1 Å². The standard InChI is InChI=1S/C54H42N2O2/c1-54(31-14-24-49-44(30-32-54)43-20-10-12-23-48(43)56(49)41-16-5-2-3-6-17-41)39-27-28-45-51(35-39)58-50-25-13-21-42(52(50)53(45)57)36-26-29-47-38(33-36)34-37-15-9-11-22-46(37)55(47)40-18-7-4-8-19-40/h2-16,18-29,33,35H,17,30-32,34H2,1H3/b24-14-. The van der Waals surface area contributed by atoms with Gasteiger partial charge in [-0.3, -0.25) is 4.79 Å². The third-order valence-electron chi connectivity index (χ3n) is 12.7. The molecule has 58 heavy (non-hydrogen) atoms. The molecule has 0 bridgehead atoms. The summed E-state index contributed by atoms with van der Waals surface area (Å²) >= 11 is 0. The van der Waals surface area contributed by atoms with E-state index in [1.807, 2.05) is 18.2 Å². The summed E-state index contributed by atoms with van der Waals surface area (Å²) in [5.74, 6) is 0. The summed E-state index contributed by atoms with van der Waals surface area (Å²) in [5, 5.41) is 2.55. The molecular weight excluding hydrogens is 709 g/mol. The third kappa shape index (κ3) is 5.54. The van der Waals surface area contributed by atoms with Gasteiger partial charge in [-0.2, -0.15) is 0 Å². The molecule has 2 aromatic heterocycles. The monoisotopic (exact) mass is 750 g/mol. The van der Waals surface area contributed by atoms with E-state index >= 15 is 0 Å². The highest BCUT2D eigenvalue weighted by Crippen LogP contribution is 2.46. The van der Waals surface area contributed by atoms with Crippen LogP contribution in [-0.2, 0) is 18.3 Å². The van der Waals surface area contributed by atoms with Crippen molar-refractivity contribution in [1.29, 1.82) is 0 Å². The number of para-hydroxylation sites is 3. The van der Waals surface area contributed by atoms with Crippen LogP contribution in [0.5, 0.6) is 0 Å². The van der Waals surface area contributed by atoms with Crippen LogP contribution in [-0.4, -0.2) is 4.57 Å². The zero-order chi connectivity index (χ0) is 38.8. The maximum absolute atomic E-state index is 14.6. The van der Waals surface area contributed by atoms with Gasteiger partial charge in [0.25, 0.3) is 0 Å². The molecule has 4 heteroatoms. The Bertz CT molecular complexity index is 3140. The number of hydrogen-bond acceptors (Lipinski definition) is 3. The molecule has 1 aliphatic heterocycles. The van der Waals surface area contributed by atoms with Gasteiger partial charge in [-0.15, -0.1) is 0 Å². The Morgan fingerprint density at radius 1 is 0.690 bits per heavy atom. The highest BCUT2D eigenvalue weighted by molar-refractivity contribution is 6.00. The zero-order valence-corrected chi connectivity index (χ0v) is 32.5. The second kappa shape index (κ2) is 13.6. The molecule has 280 valence electrons. The van der Waals surface area contributed by atoms with Gasteiger partial charge in [0.05, 0.1) is 16.3 Å². The third-order valence-corrected chi connectivity index (χ3v) is 12.7. The maximum atomic E-state index is 14.6. The van der Waals surface area contributed by atoms with E-state index in [1.165, 1.54) is 50.2 Å². The molecule has 2 aliphatic carbocycles. The smallest absolute Gasteiger partial charge is 0.201 e. The fraction of sp³-hybridized carbons (Fsp3) is 0.130. The van der Waals surface area contributed by atoms with Crippen molar-refractivity contribution in [3.05, 3.63) is 208 Å². The lowest BCUT2D eigenvalue weighted by Gasteiger charge is -2.33. The first-order chi connectivity index (χ1) is 28.5. The number of rotatable bonds is 4. The van der Waals surface area contributed by atoms with Crippen molar-refractivity contribution in [2.45, 2.75) is 44.4 Å². The van der Waals surface area contributed by atoms with Crippen molar-refractivity contribution in [3.63, 3.8) is 0 Å². The lowest BCUT2D eigenvalue weighted by Crippen LogP contribution is -2.23. The van der Waals surface area contributed by atoms with E-state index < -0.39 is 0 Å². The second-order valence-corrected chi connectivity index (χ2v) is 16.2. The van der Waals surface area contributed by atoms with Gasteiger partial charge in [-0.25, -0.2) is 0 Å². The van der Waals surface area contributed by atoms with Crippen LogP contribution >= 0.6 is 0 Å². The Morgan fingerprint density at radius 2 is 1.53 bits per heavy atom. The van der Waals surface area contributed by atoms with Crippen molar-refractivity contribution < 1.29 is 4.42 Å². The Hall–Kier alpha value is -6.91. The number of hydrogen-bond donors (Lipinski definition) is 0. The fourth-order valence-corrected chi connectivity index (χ4v) is 9.70. The SMILES string of the molecule is CC1(c2ccc3c(=O)c4c(-c5ccc6c(c5)Cc5ccccc5N6c5ccccc5)cccc4oc3c2)C/C=C\c2c(c3ccccc3n2C2=CC=CC=CC2)CC1. The largest absolute Gasteiger partial charge is 0.456 e. The van der Waals surface area contributed by atoms with Gasteiger partial charge >= 0.3 is 0 Å². The molecule has 0 saturated carbocycles. The molecule has 0 saturated heterocycles. The number of anilines is 3. The van der Waals surface area contributed by atoms with Gasteiger partial charge in [0.15, 0.2) is 0 Å². The molecule has 0 N–H and O–H groups in total. The summed E-state index contributed by atoms with van der Waals surface area (Å²) in [6, 6.07) is 46.9. The Labute approximate surface area is 338 Å². The van der Waals surface area contributed by atoms with Crippen molar-refractivity contribution >= 4 is 61.7 Å². The summed E-state index contributed by atoms with van der Waals surface area (Å²) in [7, 11) is 0.